The number of piperazine rings is 2. The molecule has 290 valence electrons. The van der Waals surface area contributed by atoms with E-state index < -0.39 is 40.6 Å². The lowest BCUT2D eigenvalue weighted by Crippen LogP contribution is -2.78. The third-order valence-corrected chi connectivity index (χ3v) is 8.50. The quantitative estimate of drug-likeness (QED) is 0.189. The number of hydrogen-bond acceptors (Lipinski definition) is 12. The van der Waals surface area contributed by atoms with Gasteiger partial charge in [0, 0.05) is 44.7 Å². The fraction of sp³-hybridized carbons (Fsp3) is 0.571. The number of amides is 3. The highest BCUT2D eigenvalue weighted by atomic mass is 16.6. The summed E-state index contributed by atoms with van der Waals surface area (Å²) < 4.78 is 10.7. The second-order valence-corrected chi connectivity index (χ2v) is 15.8. The van der Waals surface area contributed by atoms with E-state index in [1.165, 1.54) is 9.80 Å². The molecule has 7 N–H and O–H groups in total. The topological polar surface area (TPSA) is 227 Å². The molecule has 2 fully saturated rings. The van der Waals surface area contributed by atoms with Crippen LogP contribution < -0.4 is 36.4 Å². The van der Waals surface area contributed by atoms with Crippen LogP contribution in [-0.2, 0) is 9.47 Å². The van der Waals surface area contributed by atoms with Crippen LogP contribution in [0.1, 0.15) is 62.3 Å². The number of pyridine rings is 2. The van der Waals surface area contributed by atoms with E-state index in [0.717, 1.165) is 31.9 Å². The Bertz CT molecular complexity index is 1630. The normalized spacial score (nSPS) is 18.1. The van der Waals surface area contributed by atoms with Crippen LogP contribution in [0, 0.1) is 10.8 Å². The van der Waals surface area contributed by atoms with Crippen LogP contribution >= 0.6 is 0 Å². The molecule has 0 aliphatic carbocycles. The molecule has 4 rings (SSSR count). The van der Waals surface area contributed by atoms with Crippen LogP contribution in [0.3, 0.4) is 0 Å². The highest BCUT2D eigenvalue weighted by Gasteiger charge is 2.58. The Hall–Kier alpha value is -5.39. The second-order valence-electron chi connectivity index (χ2n) is 15.8. The summed E-state index contributed by atoms with van der Waals surface area (Å²) in [6.07, 6.45) is 0.433. The van der Waals surface area contributed by atoms with Crippen molar-refractivity contribution in [3.63, 3.8) is 0 Å². The molecule has 2 saturated heterocycles. The lowest BCUT2D eigenvalue weighted by Gasteiger charge is -2.60. The predicted octanol–water partition coefficient (Wildman–Crippen LogP) is 3.87. The van der Waals surface area contributed by atoms with Crippen molar-refractivity contribution in [3.05, 3.63) is 36.7 Å². The molecule has 0 aromatic carbocycles. The number of nitrogens with two attached hydrogens (primary N) is 1. The molecule has 3 amide bonds. The maximum Gasteiger partial charge on any atom is 0.414 e. The van der Waals surface area contributed by atoms with Crippen molar-refractivity contribution in [1.29, 1.82) is 5.41 Å². The number of anilines is 3. The Morgan fingerprint density at radius 1 is 0.868 bits per heavy atom. The van der Waals surface area contributed by atoms with Crippen LogP contribution in [0.15, 0.2) is 41.7 Å². The van der Waals surface area contributed by atoms with Gasteiger partial charge in [-0.2, -0.15) is 4.99 Å². The molecule has 4 heterocycles. The number of nitrogens with one attached hydrogen (secondary N) is 4. The van der Waals surface area contributed by atoms with Crippen molar-refractivity contribution >= 4 is 53.2 Å². The Morgan fingerprint density at radius 3 is 1.87 bits per heavy atom. The van der Waals surface area contributed by atoms with E-state index in [-0.39, 0.29) is 30.8 Å². The minimum Gasteiger partial charge on any atom is -0.465 e. The molecule has 18 nitrogen and oxygen atoms in total. The minimum absolute atomic E-state index is 0.0823. The van der Waals surface area contributed by atoms with Gasteiger partial charge in [0.2, 0.25) is 5.96 Å². The number of ether oxygens (including phenoxy) is 2. The molecule has 2 aromatic rings. The van der Waals surface area contributed by atoms with Crippen LogP contribution in [0.5, 0.6) is 0 Å². The van der Waals surface area contributed by atoms with Gasteiger partial charge in [-0.1, -0.05) is 20.8 Å². The third-order valence-electron chi connectivity index (χ3n) is 8.50. The largest absolute Gasteiger partial charge is 0.465 e. The molecule has 0 radical (unpaired) electrons. The van der Waals surface area contributed by atoms with Gasteiger partial charge < -0.3 is 35.4 Å². The Kier molecular flexibility index (Phi) is 12.0. The number of carbonyl (C=O) groups is 3. The van der Waals surface area contributed by atoms with Crippen molar-refractivity contribution in [2.45, 2.75) is 79.2 Å². The lowest BCUT2D eigenvalue weighted by molar-refractivity contribution is 0.000171. The zero-order valence-corrected chi connectivity index (χ0v) is 32.1. The van der Waals surface area contributed by atoms with Crippen molar-refractivity contribution < 1.29 is 29.0 Å². The van der Waals surface area contributed by atoms with E-state index in [0.29, 0.717) is 18.1 Å². The Labute approximate surface area is 310 Å². The Morgan fingerprint density at radius 2 is 1.42 bits per heavy atom. The van der Waals surface area contributed by atoms with Gasteiger partial charge in [-0.05, 0) is 65.8 Å². The predicted molar refractivity (Wildman–Crippen MR) is 203 cm³/mol. The summed E-state index contributed by atoms with van der Waals surface area (Å²) in [5.41, 5.74) is 4.05. The SMILES string of the molecule is CC(C)(C)OC(=O)NC(=Nc1ccc(N2CCN(C(=O)O)C(N(C(=N)N)c3ccc(N4CCNCC4)cn3)(C(C)(C)C)C2)cn1)NC(=O)OC(C)(C)C. The highest BCUT2D eigenvalue weighted by Crippen LogP contribution is 2.44. The van der Waals surface area contributed by atoms with E-state index in [1.54, 1.807) is 72.1 Å². The number of carboxylic acid groups (broad SMARTS) is 1. The zero-order valence-electron chi connectivity index (χ0n) is 32.1. The minimum atomic E-state index is -1.40. The van der Waals surface area contributed by atoms with Gasteiger partial charge in [0.1, 0.15) is 22.7 Å². The number of guanidine groups is 2. The molecule has 1 atom stereocenters. The van der Waals surface area contributed by atoms with Gasteiger partial charge in [-0.25, -0.2) is 24.4 Å². The summed E-state index contributed by atoms with van der Waals surface area (Å²) in [7, 11) is 0. The summed E-state index contributed by atoms with van der Waals surface area (Å²) in [5, 5.41) is 27.6. The number of aromatic nitrogens is 2. The van der Waals surface area contributed by atoms with E-state index in [1.807, 2.05) is 31.7 Å². The first-order valence-corrected chi connectivity index (χ1v) is 17.5. The molecule has 2 aromatic heterocycles. The molecule has 0 bridgehead atoms. The zero-order chi connectivity index (χ0) is 39.4. The van der Waals surface area contributed by atoms with Gasteiger partial charge in [-0.15, -0.1) is 0 Å². The molecule has 53 heavy (non-hydrogen) atoms. The van der Waals surface area contributed by atoms with E-state index in [4.69, 9.17) is 25.6 Å². The first-order valence-electron chi connectivity index (χ1n) is 17.5. The molecule has 2 aliphatic heterocycles. The fourth-order valence-electron chi connectivity index (χ4n) is 6.25. The summed E-state index contributed by atoms with van der Waals surface area (Å²) in [4.78, 5) is 58.7. The van der Waals surface area contributed by atoms with Gasteiger partial charge in [-0.3, -0.25) is 25.8 Å². The number of aliphatic imine (C=N–C) groups is 1. The smallest absolute Gasteiger partial charge is 0.414 e. The summed E-state index contributed by atoms with van der Waals surface area (Å²) >= 11 is 0. The Balaban J connectivity index is 1.68. The number of nitrogens with zero attached hydrogens (tertiary/aromatic N) is 7. The number of hydrogen-bond donors (Lipinski definition) is 6. The molecular weight excluding hydrogens is 684 g/mol. The standard InChI is InChI=1S/C35H54N12O6/c1-32(2,3)35(47(27(36)37)26-13-11-23(21-40-26)44-16-14-38-15-17-44)22-45(18-19-46(35)31(50)51)24-10-12-25(39-20-24)41-28(42-29(48)52-33(4,5)6)43-30(49)53-34(7,8)9/h10-13,20-21,38H,14-19,22H2,1-9H3,(H3,36,37)(H,50,51)(H2,39,41,42,43,48,49). The molecular formula is C35H54N12O6. The fourth-order valence-corrected chi connectivity index (χ4v) is 6.25. The van der Waals surface area contributed by atoms with Crippen LogP contribution in [-0.4, -0.2) is 113 Å². The average molecular weight is 739 g/mol. The highest BCUT2D eigenvalue weighted by molar-refractivity contribution is 6.02. The third kappa shape index (κ3) is 10.1. The summed E-state index contributed by atoms with van der Waals surface area (Å²) in [6, 6.07) is 7.02. The van der Waals surface area contributed by atoms with Gasteiger partial charge in [0.25, 0.3) is 0 Å². The van der Waals surface area contributed by atoms with Crippen LogP contribution in [0.2, 0.25) is 0 Å². The molecule has 1 unspecified atom stereocenters. The first kappa shape index (κ1) is 40.4. The number of rotatable bonds is 5. The first-order chi connectivity index (χ1) is 24.6. The van der Waals surface area contributed by atoms with E-state index >= 15 is 0 Å². The number of alkyl carbamates (subject to hydrolysis) is 2. The van der Waals surface area contributed by atoms with E-state index in [9.17, 15) is 19.5 Å². The second kappa shape index (κ2) is 15.7. The van der Waals surface area contributed by atoms with Crippen molar-refractivity contribution in [1.82, 2.24) is 30.8 Å². The van der Waals surface area contributed by atoms with Gasteiger partial charge in [0.05, 0.1) is 30.3 Å². The maximum absolute atomic E-state index is 13.0. The van der Waals surface area contributed by atoms with Gasteiger partial charge >= 0.3 is 18.3 Å². The van der Waals surface area contributed by atoms with Crippen molar-refractivity contribution in [3.8, 4) is 0 Å². The summed E-state index contributed by atoms with van der Waals surface area (Å²) in [6.45, 7) is 19.8. The number of carbonyl (C=O) groups excluding carboxylic acids is 2. The van der Waals surface area contributed by atoms with Crippen molar-refractivity contribution in [2.24, 2.45) is 16.1 Å². The molecule has 2 aliphatic rings. The maximum atomic E-state index is 13.0. The molecule has 0 spiro atoms. The van der Waals surface area contributed by atoms with Crippen molar-refractivity contribution in [2.75, 3.05) is 60.5 Å². The van der Waals surface area contributed by atoms with Crippen LogP contribution in [0.25, 0.3) is 0 Å². The molecule has 18 heteroatoms. The average Bonchev–Trinajstić information content (AvgIpc) is 3.03. The van der Waals surface area contributed by atoms with E-state index in [2.05, 4.69) is 30.8 Å². The van der Waals surface area contributed by atoms with Gasteiger partial charge in [0.15, 0.2) is 11.8 Å². The lowest BCUT2D eigenvalue weighted by atomic mass is 9.76. The monoisotopic (exact) mass is 738 g/mol. The van der Waals surface area contributed by atoms with Crippen LogP contribution in [0.4, 0.5) is 37.4 Å². The summed E-state index contributed by atoms with van der Waals surface area (Å²) in [5.74, 6) is -0.144. The molecule has 0 saturated carbocycles.